The average Bonchev–Trinajstić information content (AvgIpc) is 3.30. The van der Waals surface area contributed by atoms with Crippen LogP contribution in [0.4, 0.5) is 5.82 Å². The van der Waals surface area contributed by atoms with Crippen molar-refractivity contribution in [1.82, 2.24) is 36.7 Å². The van der Waals surface area contributed by atoms with Crippen LogP contribution in [-0.4, -0.2) is 39.2 Å². The van der Waals surface area contributed by atoms with E-state index in [1.807, 2.05) is 23.9 Å². The number of rotatable bonds is 6. The van der Waals surface area contributed by atoms with E-state index in [2.05, 4.69) is 32.0 Å². The SMILES string of the molecule is c1cncc(-c2nc3c(c(NCCSC4CNNN4)n2)CNC3)c1. The van der Waals surface area contributed by atoms with Gasteiger partial charge < -0.3 is 10.6 Å². The second-order valence-electron chi connectivity index (χ2n) is 5.60. The Morgan fingerprint density at radius 1 is 1.29 bits per heavy atom. The number of nitrogens with zero attached hydrogens (tertiary/aromatic N) is 3. The van der Waals surface area contributed by atoms with Crippen LogP contribution in [0.15, 0.2) is 24.5 Å². The zero-order valence-electron chi connectivity index (χ0n) is 13.2. The van der Waals surface area contributed by atoms with Gasteiger partial charge in [-0.05, 0) is 12.1 Å². The summed E-state index contributed by atoms with van der Waals surface area (Å²) in [5, 5.41) is 7.23. The Balaban J connectivity index is 1.46. The van der Waals surface area contributed by atoms with Gasteiger partial charge in [0, 0.05) is 55.5 Å². The number of fused-ring (bicyclic) bond motifs is 1. The van der Waals surface area contributed by atoms with Gasteiger partial charge in [0.15, 0.2) is 5.82 Å². The van der Waals surface area contributed by atoms with E-state index in [0.717, 1.165) is 54.8 Å². The molecule has 9 heteroatoms. The molecule has 126 valence electrons. The second kappa shape index (κ2) is 7.41. The van der Waals surface area contributed by atoms with Gasteiger partial charge in [-0.1, -0.05) is 0 Å². The molecule has 24 heavy (non-hydrogen) atoms. The summed E-state index contributed by atoms with van der Waals surface area (Å²) in [6.45, 7) is 3.38. The summed E-state index contributed by atoms with van der Waals surface area (Å²) in [7, 11) is 0. The molecule has 4 heterocycles. The Labute approximate surface area is 144 Å². The third kappa shape index (κ3) is 3.50. The van der Waals surface area contributed by atoms with Gasteiger partial charge in [0.1, 0.15) is 5.82 Å². The summed E-state index contributed by atoms with van der Waals surface area (Å²) in [4.78, 5) is 13.6. The number of hydrazine groups is 2. The molecule has 0 saturated carbocycles. The van der Waals surface area contributed by atoms with Crippen molar-refractivity contribution >= 4 is 17.6 Å². The maximum absolute atomic E-state index is 4.73. The van der Waals surface area contributed by atoms with E-state index in [1.165, 1.54) is 5.56 Å². The number of aromatic nitrogens is 3. The van der Waals surface area contributed by atoms with Crippen molar-refractivity contribution in [3.8, 4) is 11.4 Å². The maximum Gasteiger partial charge on any atom is 0.163 e. The standard InChI is InChI=1S/C15H20N8S/c1-2-10(6-16-3-1)14-20-12-8-17-7-11(12)15(21-14)18-4-5-24-13-9-19-23-22-13/h1-3,6,13,17,19,22-23H,4-5,7-9H2,(H,18,20,21). The summed E-state index contributed by atoms with van der Waals surface area (Å²) >= 11 is 1.87. The third-order valence-corrected chi connectivity index (χ3v) is 5.06. The van der Waals surface area contributed by atoms with Crippen molar-refractivity contribution in [3.05, 3.63) is 35.8 Å². The minimum absolute atomic E-state index is 0.399. The number of anilines is 1. The fourth-order valence-corrected chi connectivity index (χ4v) is 3.58. The van der Waals surface area contributed by atoms with Gasteiger partial charge >= 0.3 is 0 Å². The number of thioether (sulfide) groups is 1. The lowest BCUT2D eigenvalue weighted by Gasteiger charge is -2.13. The zero-order valence-corrected chi connectivity index (χ0v) is 14.0. The predicted octanol–water partition coefficient (Wildman–Crippen LogP) is 0.225. The van der Waals surface area contributed by atoms with Crippen LogP contribution in [0.2, 0.25) is 0 Å². The van der Waals surface area contributed by atoms with Crippen LogP contribution in [0.5, 0.6) is 0 Å². The molecule has 2 aliphatic heterocycles. The predicted molar refractivity (Wildman–Crippen MR) is 94.8 cm³/mol. The Kier molecular flexibility index (Phi) is 4.86. The van der Waals surface area contributed by atoms with Gasteiger partial charge in [0.05, 0.1) is 11.1 Å². The summed E-state index contributed by atoms with van der Waals surface area (Å²) in [6.07, 6.45) is 3.56. The molecule has 2 aromatic rings. The molecule has 1 unspecified atom stereocenters. The van der Waals surface area contributed by atoms with Crippen molar-refractivity contribution in [3.63, 3.8) is 0 Å². The zero-order chi connectivity index (χ0) is 16.2. The molecular formula is C15H20N8S. The molecule has 4 rings (SSSR count). The third-order valence-electron chi connectivity index (χ3n) is 3.93. The van der Waals surface area contributed by atoms with Gasteiger partial charge in [-0.15, -0.1) is 11.8 Å². The van der Waals surface area contributed by atoms with Gasteiger partial charge in [0.2, 0.25) is 0 Å². The van der Waals surface area contributed by atoms with Crippen molar-refractivity contribution in [2.24, 2.45) is 0 Å². The second-order valence-corrected chi connectivity index (χ2v) is 6.91. The van der Waals surface area contributed by atoms with Gasteiger partial charge in [-0.25, -0.2) is 20.8 Å². The van der Waals surface area contributed by atoms with E-state index in [9.17, 15) is 0 Å². The van der Waals surface area contributed by atoms with Crippen molar-refractivity contribution < 1.29 is 0 Å². The van der Waals surface area contributed by atoms with Crippen LogP contribution in [0, 0.1) is 0 Å². The number of hydrogen-bond acceptors (Lipinski definition) is 9. The van der Waals surface area contributed by atoms with Crippen LogP contribution >= 0.6 is 11.8 Å². The molecule has 2 aliphatic rings. The van der Waals surface area contributed by atoms with E-state index in [1.54, 1.807) is 12.4 Å². The summed E-state index contributed by atoms with van der Waals surface area (Å²) < 4.78 is 0. The van der Waals surface area contributed by atoms with Crippen LogP contribution in [0.25, 0.3) is 11.4 Å². The van der Waals surface area contributed by atoms with Crippen LogP contribution < -0.4 is 27.0 Å². The fourth-order valence-electron chi connectivity index (χ4n) is 2.74. The van der Waals surface area contributed by atoms with Gasteiger partial charge in [0.25, 0.3) is 0 Å². The molecule has 8 nitrogen and oxygen atoms in total. The first-order valence-electron chi connectivity index (χ1n) is 8.00. The van der Waals surface area contributed by atoms with E-state index >= 15 is 0 Å². The first kappa shape index (κ1) is 15.7. The molecule has 5 N–H and O–H groups in total. The fraction of sp³-hybridized carbons (Fsp3) is 0.400. The first-order valence-corrected chi connectivity index (χ1v) is 9.05. The smallest absolute Gasteiger partial charge is 0.163 e. The monoisotopic (exact) mass is 344 g/mol. The highest BCUT2D eigenvalue weighted by Gasteiger charge is 2.19. The minimum Gasteiger partial charge on any atom is -0.369 e. The molecule has 0 radical (unpaired) electrons. The van der Waals surface area contributed by atoms with Crippen LogP contribution in [0.1, 0.15) is 11.3 Å². The molecule has 1 fully saturated rings. The van der Waals surface area contributed by atoms with Crippen LogP contribution in [0.3, 0.4) is 0 Å². The van der Waals surface area contributed by atoms with Crippen molar-refractivity contribution in [2.45, 2.75) is 18.5 Å². The summed E-state index contributed by atoms with van der Waals surface area (Å²) in [5.74, 6) is 2.65. The Bertz CT molecular complexity index is 689. The minimum atomic E-state index is 0.399. The highest BCUT2D eigenvalue weighted by Crippen LogP contribution is 2.25. The number of pyridine rings is 1. The van der Waals surface area contributed by atoms with Gasteiger partial charge in [-0.3, -0.25) is 4.98 Å². The first-order chi connectivity index (χ1) is 11.9. The van der Waals surface area contributed by atoms with Crippen molar-refractivity contribution in [2.75, 3.05) is 24.2 Å². The topological polar surface area (TPSA) is 98.8 Å². The van der Waals surface area contributed by atoms with E-state index in [4.69, 9.17) is 9.97 Å². The normalized spacial score (nSPS) is 19.4. The highest BCUT2D eigenvalue weighted by atomic mass is 32.2. The lowest BCUT2D eigenvalue weighted by molar-refractivity contribution is 0.587. The van der Waals surface area contributed by atoms with E-state index in [-0.39, 0.29) is 0 Å². The molecule has 0 aromatic carbocycles. The molecule has 1 saturated heterocycles. The molecule has 0 aliphatic carbocycles. The van der Waals surface area contributed by atoms with Crippen LogP contribution in [-0.2, 0) is 13.1 Å². The summed E-state index contributed by atoms with van der Waals surface area (Å²) in [5.41, 5.74) is 12.3. The van der Waals surface area contributed by atoms with Gasteiger partial charge in [-0.2, -0.15) is 5.53 Å². The quantitative estimate of drug-likeness (QED) is 0.472. The molecule has 0 bridgehead atoms. The number of hydrogen-bond donors (Lipinski definition) is 5. The lowest BCUT2D eigenvalue weighted by atomic mass is 10.2. The maximum atomic E-state index is 4.73. The molecule has 1 atom stereocenters. The largest absolute Gasteiger partial charge is 0.369 e. The van der Waals surface area contributed by atoms with E-state index < -0.39 is 0 Å². The molecule has 0 amide bonds. The molecule has 0 spiro atoms. The lowest BCUT2D eigenvalue weighted by Crippen LogP contribution is -2.32. The van der Waals surface area contributed by atoms with Crippen molar-refractivity contribution in [1.29, 1.82) is 0 Å². The highest BCUT2D eigenvalue weighted by molar-refractivity contribution is 7.99. The Morgan fingerprint density at radius 3 is 3.12 bits per heavy atom. The van der Waals surface area contributed by atoms with E-state index in [0.29, 0.717) is 5.37 Å². The Morgan fingerprint density at radius 2 is 2.29 bits per heavy atom. The molecule has 2 aromatic heterocycles. The molecular weight excluding hydrogens is 324 g/mol. The summed E-state index contributed by atoms with van der Waals surface area (Å²) in [6, 6.07) is 3.90. The Hall–Kier alpha value is -1.78. The number of nitrogens with one attached hydrogen (secondary N) is 5. The average molecular weight is 344 g/mol.